The van der Waals surface area contributed by atoms with Gasteiger partial charge in [0.15, 0.2) is 11.5 Å². The summed E-state index contributed by atoms with van der Waals surface area (Å²) in [5.41, 5.74) is 3.15. The molecule has 3 aromatic rings. The molecule has 3 aromatic carbocycles. The molecule has 0 aliphatic carbocycles. The van der Waals surface area contributed by atoms with Crippen molar-refractivity contribution in [1.29, 1.82) is 0 Å². The molecule has 6 nitrogen and oxygen atoms in total. The van der Waals surface area contributed by atoms with Crippen molar-refractivity contribution in [2.75, 3.05) is 27.3 Å². The predicted molar refractivity (Wildman–Crippen MR) is 131 cm³/mol. The Labute approximate surface area is 200 Å². The van der Waals surface area contributed by atoms with Gasteiger partial charge >= 0.3 is 5.97 Å². The number of carbonyl (C=O) groups is 1. The average molecular weight is 462 g/mol. The molecule has 1 unspecified atom stereocenters. The highest BCUT2D eigenvalue weighted by molar-refractivity contribution is 5.70. The zero-order valence-electron chi connectivity index (χ0n) is 19.6. The van der Waals surface area contributed by atoms with Crippen LogP contribution in [-0.2, 0) is 11.4 Å². The highest BCUT2D eigenvalue weighted by atomic mass is 16.5. The maximum Gasteiger partial charge on any atom is 0.306 e. The topological polar surface area (TPSA) is 68.2 Å². The molecule has 178 valence electrons. The lowest BCUT2D eigenvalue weighted by molar-refractivity contribution is -0.143. The van der Waals surface area contributed by atoms with Gasteiger partial charge in [-0.05, 0) is 55.3 Å². The highest BCUT2D eigenvalue weighted by Gasteiger charge is 2.32. The number of hydrogen-bond donors (Lipinski definition) is 1. The Bertz CT molecular complexity index is 1090. The summed E-state index contributed by atoms with van der Waals surface area (Å²) in [5, 5.41) is 9.47. The van der Waals surface area contributed by atoms with Gasteiger partial charge in [0, 0.05) is 5.56 Å². The number of piperidine rings is 1. The van der Waals surface area contributed by atoms with Gasteiger partial charge in [0.1, 0.15) is 12.4 Å². The van der Waals surface area contributed by atoms with Gasteiger partial charge in [-0.3, -0.25) is 9.69 Å². The third-order valence-electron chi connectivity index (χ3n) is 6.39. The number of ether oxygens (including phenoxy) is 3. The highest BCUT2D eigenvalue weighted by Crippen LogP contribution is 2.42. The van der Waals surface area contributed by atoms with Gasteiger partial charge < -0.3 is 19.3 Å². The lowest BCUT2D eigenvalue weighted by Crippen LogP contribution is -2.39. The van der Waals surface area contributed by atoms with Gasteiger partial charge in [0.25, 0.3) is 0 Å². The van der Waals surface area contributed by atoms with Crippen molar-refractivity contribution in [2.24, 2.45) is 5.92 Å². The van der Waals surface area contributed by atoms with Gasteiger partial charge in [0.2, 0.25) is 0 Å². The van der Waals surface area contributed by atoms with E-state index in [2.05, 4.69) is 17.0 Å². The van der Waals surface area contributed by atoms with Crippen LogP contribution in [0.4, 0.5) is 0 Å². The van der Waals surface area contributed by atoms with Crippen LogP contribution in [0.15, 0.2) is 72.8 Å². The Morgan fingerprint density at radius 1 is 0.971 bits per heavy atom. The van der Waals surface area contributed by atoms with Crippen molar-refractivity contribution < 1.29 is 24.1 Å². The molecule has 1 aliphatic heterocycles. The summed E-state index contributed by atoms with van der Waals surface area (Å²) >= 11 is 0. The zero-order valence-corrected chi connectivity index (χ0v) is 19.6. The Kier molecular flexibility index (Phi) is 7.70. The molecule has 0 aromatic heterocycles. The molecule has 0 spiro atoms. The summed E-state index contributed by atoms with van der Waals surface area (Å²) in [6, 6.07) is 24.0. The molecule has 1 saturated heterocycles. The first-order valence-corrected chi connectivity index (χ1v) is 11.5. The first-order chi connectivity index (χ1) is 16.6. The van der Waals surface area contributed by atoms with E-state index in [0.717, 1.165) is 22.4 Å². The number of aliphatic carboxylic acids is 1. The second-order valence-corrected chi connectivity index (χ2v) is 8.48. The first-order valence-electron chi connectivity index (χ1n) is 11.5. The summed E-state index contributed by atoms with van der Waals surface area (Å²) in [7, 11) is 3.28. The van der Waals surface area contributed by atoms with Gasteiger partial charge in [-0.25, -0.2) is 0 Å². The van der Waals surface area contributed by atoms with Crippen molar-refractivity contribution in [3.8, 4) is 17.2 Å². The largest absolute Gasteiger partial charge is 0.493 e. The van der Waals surface area contributed by atoms with Crippen molar-refractivity contribution in [2.45, 2.75) is 25.5 Å². The maximum atomic E-state index is 11.5. The van der Waals surface area contributed by atoms with E-state index in [0.29, 0.717) is 44.0 Å². The van der Waals surface area contributed by atoms with E-state index in [9.17, 15) is 9.90 Å². The number of para-hydroxylation sites is 1. The van der Waals surface area contributed by atoms with E-state index in [4.69, 9.17) is 14.2 Å². The van der Waals surface area contributed by atoms with Crippen LogP contribution in [0.5, 0.6) is 17.2 Å². The Morgan fingerprint density at radius 3 is 2.38 bits per heavy atom. The number of likely N-dealkylation sites (tertiary alicyclic amines) is 1. The average Bonchev–Trinajstić information content (AvgIpc) is 2.88. The van der Waals surface area contributed by atoms with Crippen molar-refractivity contribution in [3.63, 3.8) is 0 Å². The van der Waals surface area contributed by atoms with Gasteiger partial charge in [-0.2, -0.15) is 0 Å². The first kappa shape index (κ1) is 23.6. The molecule has 1 N–H and O–H groups in total. The minimum absolute atomic E-state index is 0.125. The molecule has 4 rings (SSSR count). The Hall–Kier alpha value is -3.51. The van der Waals surface area contributed by atoms with E-state index in [1.165, 1.54) is 0 Å². The molecule has 1 fully saturated rings. The van der Waals surface area contributed by atoms with E-state index in [1.54, 1.807) is 14.2 Å². The molecule has 34 heavy (non-hydrogen) atoms. The number of hydrogen-bond acceptors (Lipinski definition) is 5. The Balaban J connectivity index is 1.67. The number of nitrogens with zero attached hydrogens (tertiary/aromatic N) is 1. The smallest absolute Gasteiger partial charge is 0.306 e. The summed E-state index contributed by atoms with van der Waals surface area (Å²) in [5.74, 6) is 1.12. The van der Waals surface area contributed by atoms with Gasteiger partial charge in [0.05, 0.1) is 26.2 Å². The molecule has 1 atom stereocenters. The number of methoxy groups -OCH3 is 2. The summed E-state index contributed by atoms with van der Waals surface area (Å²) in [6.07, 6.45) is 1.23. The molecule has 1 aliphatic rings. The summed E-state index contributed by atoms with van der Waals surface area (Å²) < 4.78 is 17.4. The molecular formula is C28H31NO5. The standard InChI is InChI=1S/C28H31NO5/c1-32-25-13-7-12-24(27(25)33-2)26(29-16-14-21(15-17-29)28(30)31)22-10-6-11-23(18-22)34-19-20-8-4-3-5-9-20/h3-13,18,21,26H,14-17,19H2,1-2H3,(H,30,31). The lowest BCUT2D eigenvalue weighted by atomic mass is 9.90. The fourth-order valence-corrected chi connectivity index (χ4v) is 4.63. The van der Waals surface area contributed by atoms with Gasteiger partial charge in [-0.1, -0.05) is 54.6 Å². The predicted octanol–water partition coefficient (Wildman–Crippen LogP) is 5.17. The number of carboxylic acid groups (broad SMARTS) is 1. The summed E-state index contributed by atoms with van der Waals surface area (Å²) in [4.78, 5) is 13.8. The van der Waals surface area contributed by atoms with E-state index >= 15 is 0 Å². The van der Waals surface area contributed by atoms with Crippen LogP contribution >= 0.6 is 0 Å². The molecule has 6 heteroatoms. The minimum atomic E-state index is -0.716. The molecule has 0 radical (unpaired) electrons. The number of benzene rings is 3. The van der Waals surface area contributed by atoms with Crippen molar-refractivity contribution in [1.82, 2.24) is 4.90 Å². The van der Waals surface area contributed by atoms with Crippen LogP contribution in [0, 0.1) is 5.92 Å². The van der Waals surface area contributed by atoms with Crippen molar-refractivity contribution in [3.05, 3.63) is 89.5 Å². The monoisotopic (exact) mass is 461 g/mol. The van der Waals surface area contributed by atoms with E-state index < -0.39 is 5.97 Å². The zero-order chi connectivity index (χ0) is 23.9. The van der Waals surface area contributed by atoms with Gasteiger partial charge in [-0.15, -0.1) is 0 Å². The lowest BCUT2D eigenvalue weighted by Gasteiger charge is -2.37. The van der Waals surface area contributed by atoms with Crippen LogP contribution in [0.25, 0.3) is 0 Å². The Morgan fingerprint density at radius 2 is 1.71 bits per heavy atom. The second-order valence-electron chi connectivity index (χ2n) is 8.48. The maximum absolute atomic E-state index is 11.5. The molecule has 0 amide bonds. The molecular weight excluding hydrogens is 430 g/mol. The third-order valence-corrected chi connectivity index (χ3v) is 6.39. The normalized spacial score (nSPS) is 15.5. The quantitative estimate of drug-likeness (QED) is 0.474. The van der Waals surface area contributed by atoms with Crippen molar-refractivity contribution >= 4 is 5.97 Å². The third kappa shape index (κ3) is 5.34. The summed E-state index contributed by atoms with van der Waals surface area (Å²) in [6.45, 7) is 1.84. The number of rotatable bonds is 9. The van der Waals surface area contributed by atoms with Crippen LogP contribution in [-0.4, -0.2) is 43.3 Å². The van der Waals surface area contributed by atoms with Crippen LogP contribution in [0.3, 0.4) is 0 Å². The fraction of sp³-hybridized carbons (Fsp3) is 0.321. The van der Waals surface area contributed by atoms with Crippen LogP contribution in [0.2, 0.25) is 0 Å². The van der Waals surface area contributed by atoms with E-state index in [-0.39, 0.29) is 12.0 Å². The molecule has 1 heterocycles. The number of carboxylic acids is 1. The minimum Gasteiger partial charge on any atom is -0.493 e. The molecule has 0 saturated carbocycles. The fourth-order valence-electron chi connectivity index (χ4n) is 4.63. The van der Waals surface area contributed by atoms with Crippen LogP contribution < -0.4 is 14.2 Å². The van der Waals surface area contributed by atoms with E-state index in [1.807, 2.05) is 60.7 Å². The SMILES string of the molecule is COc1cccc(C(c2cccc(OCc3ccccc3)c2)N2CCC(C(=O)O)CC2)c1OC. The van der Waals surface area contributed by atoms with Crippen LogP contribution in [0.1, 0.15) is 35.6 Å². The second kappa shape index (κ2) is 11.1. The molecule has 0 bridgehead atoms.